The lowest BCUT2D eigenvalue weighted by Gasteiger charge is -2.10. The molecule has 1 unspecified atom stereocenters. The molecule has 2 heterocycles. The Labute approximate surface area is 108 Å². The molecule has 0 bridgehead atoms. The van der Waals surface area contributed by atoms with Gasteiger partial charge in [0.2, 0.25) is 0 Å². The number of fused-ring (bicyclic) bond motifs is 1. The van der Waals surface area contributed by atoms with Gasteiger partial charge in [-0.2, -0.15) is 0 Å². The molecule has 0 saturated heterocycles. The van der Waals surface area contributed by atoms with Crippen LogP contribution in [0.4, 0.5) is 0 Å². The van der Waals surface area contributed by atoms with Crippen molar-refractivity contribution in [2.75, 3.05) is 0 Å². The molecule has 0 aromatic carbocycles. The number of rotatable bonds is 3. The van der Waals surface area contributed by atoms with Crippen LogP contribution < -0.4 is 10.9 Å². The average molecular weight is 265 g/mol. The Balaban J connectivity index is 2.43. The van der Waals surface area contributed by atoms with Gasteiger partial charge < -0.3 is 5.32 Å². The summed E-state index contributed by atoms with van der Waals surface area (Å²) in [4.78, 5) is 29.8. The largest absolute Gasteiger partial charge is 0.349 e. The summed E-state index contributed by atoms with van der Waals surface area (Å²) in [5.74, 6) is -0.361. The Morgan fingerprint density at radius 2 is 2.33 bits per heavy atom. The van der Waals surface area contributed by atoms with Crippen molar-refractivity contribution in [2.45, 2.75) is 33.2 Å². The molecular weight excluding hydrogens is 250 g/mol. The first-order valence-electron chi connectivity index (χ1n) is 5.81. The van der Waals surface area contributed by atoms with Crippen LogP contribution in [0.5, 0.6) is 0 Å². The quantitative estimate of drug-likeness (QED) is 0.916. The lowest BCUT2D eigenvalue weighted by Crippen LogP contribution is -2.36. The molecule has 5 nitrogen and oxygen atoms in total. The molecule has 0 aliphatic carbocycles. The van der Waals surface area contributed by atoms with E-state index in [9.17, 15) is 9.59 Å². The third-order valence-corrected chi connectivity index (χ3v) is 3.67. The maximum atomic E-state index is 12.1. The first-order valence-corrected chi connectivity index (χ1v) is 6.63. The van der Waals surface area contributed by atoms with Gasteiger partial charge in [0.05, 0.1) is 0 Å². The van der Waals surface area contributed by atoms with Crippen molar-refractivity contribution in [2.24, 2.45) is 0 Å². The van der Waals surface area contributed by atoms with Crippen molar-refractivity contribution in [1.82, 2.24) is 14.7 Å². The number of hydrogen-bond donors (Lipinski definition) is 1. The molecule has 2 aromatic heterocycles. The van der Waals surface area contributed by atoms with E-state index in [2.05, 4.69) is 10.3 Å². The zero-order valence-electron chi connectivity index (χ0n) is 10.6. The van der Waals surface area contributed by atoms with Gasteiger partial charge in [-0.3, -0.25) is 14.0 Å². The molecule has 18 heavy (non-hydrogen) atoms. The smallest absolute Gasteiger partial charge is 0.271 e. The number of carbonyl (C=O) groups is 1. The lowest BCUT2D eigenvalue weighted by atomic mass is 10.2. The van der Waals surface area contributed by atoms with Gasteiger partial charge in [0, 0.05) is 23.3 Å². The summed E-state index contributed by atoms with van der Waals surface area (Å²) in [6, 6.07) is 0.0433. The van der Waals surface area contributed by atoms with E-state index in [1.54, 1.807) is 6.20 Å². The number of carbonyl (C=O) groups excluding carboxylic acids is 1. The van der Waals surface area contributed by atoms with Crippen LogP contribution in [0.2, 0.25) is 0 Å². The van der Waals surface area contributed by atoms with Gasteiger partial charge in [0.25, 0.3) is 11.5 Å². The van der Waals surface area contributed by atoms with Crippen LogP contribution in [0, 0.1) is 6.92 Å². The second-order valence-electron chi connectivity index (χ2n) is 4.25. The Bertz CT molecular complexity index is 644. The third kappa shape index (κ3) is 2.28. The van der Waals surface area contributed by atoms with Crippen LogP contribution in [0.25, 0.3) is 4.96 Å². The topological polar surface area (TPSA) is 63.5 Å². The highest BCUT2D eigenvalue weighted by Crippen LogP contribution is 2.12. The number of aromatic nitrogens is 2. The SMILES string of the molecule is CCC(C)NC(=O)c1cnc2sc(C)cn2c1=O. The van der Waals surface area contributed by atoms with Crippen molar-refractivity contribution in [1.29, 1.82) is 0 Å². The van der Waals surface area contributed by atoms with Gasteiger partial charge in [-0.05, 0) is 20.3 Å². The molecule has 96 valence electrons. The molecule has 0 aliphatic rings. The average Bonchev–Trinajstić information content (AvgIpc) is 2.70. The summed E-state index contributed by atoms with van der Waals surface area (Å²) in [5, 5.41) is 2.77. The van der Waals surface area contributed by atoms with E-state index in [0.29, 0.717) is 4.96 Å². The molecular formula is C12H15N3O2S. The monoisotopic (exact) mass is 265 g/mol. The van der Waals surface area contributed by atoms with Crippen molar-refractivity contribution in [3.8, 4) is 0 Å². The van der Waals surface area contributed by atoms with Crippen molar-refractivity contribution in [3.05, 3.63) is 33.2 Å². The Hall–Kier alpha value is -1.69. The molecule has 0 aliphatic heterocycles. The second kappa shape index (κ2) is 4.89. The minimum absolute atomic E-state index is 0.0433. The minimum Gasteiger partial charge on any atom is -0.349 e. The van der Waals surface area contributed by atoms with Gasteiger partial charge in [-0.25, -0.2) is 4.98 Å². The maximum Gasteiger partial charge on any atom is 0.271 e. The zero-order chi connectivity index (χ0) is 13.3. The number of thiazole rings is 1. The van der Waals surface area contributed by atoms with E-state index in [-0.39, 0.29) is 23.1 Å². The Morgan fingerprint density at radius 3 is 3.00 bits per heavy atom. The molecule has 6 heteroatoms. The lowest BCUT2D eigenvalue weighted by molar-refractivity contribution is 0.0937. The molecule has 1 atom stereocenters. The molecule has 2 rings (SSSR count). The normalized spacial score (nSPS) is 12.6. The van der Waals surface area contributed by atoms with E-state index >= 15 is 0 Å². The number of amides is 1. The Kier molecular flexibility index (Phi) is 3.47. The summed E-state index contributed by atoms with van der Waals surface area (Å²) in [6.07, 6.45) is 3.88. The number of aryl methyl sites for hydroxylation is 1. The first-order chi connectivity index (χ1) is 8.52. The number of nitrogens with zero attached hydrogens (tertiary/aromatic N) is 2. The summed E-state index contributed by atoms with van der Waals surface area (Å²) < 4.78 is 1.42. The predicted octanol–water partition coefficient (Wildman–Crippen LogP) is 1.59. The summed E-state index contributed by atoms with van der Waals surface area (Å²) in [7, 11) is 0. The number of nitrogens with one attached hydrogen (secondary N) is 1. The van der Waals surface area contributed by atoms with E-state index in [4.69, 9.17) is 0 Å². The molecule has 2 aromatic rings. The molecule has 0 spiro atoms. The van der Waals surface area contributed by atoms with Crippen LogP contribution >= 0.6 is 11.3 Å². The zero-order valence-corrected chi connectivity index (χ0v) is 11.4. The van der Waals surface area contributed by atoms with Crippen LogP contribution in [-0.2, 0) is 0 Å². The van der Waals surface area contributed by atoms with Gasteiger partial charge in [0.15, 0.2) is 4.96 Å². The molecule has 0 radical (unpaired) electrons. The van der Waals surface area contributed by atoms with Crippen molar-refractivity contribution < 1.29 is 4.79 Å². The molecule has 1 N–H and O–H groups in total. The van der Waals surface area contributed by atoms with Crippen LogP contribution in [0.3, 0.4) is 0 Å². The predicted molar refractivity (Wildman–Crippen MR) is 71.3 cm³/mol. The van der Waals surface area contributed by atoms with Crippen molar-refractivity contribution >= 4 is 22.2 Å². The van der Waals surface area contributed by atoms with Crippen LogP contribution in [0.15, 0.2) is 17.2 Å². The fraction of sp³-hybridized carbons (Fsp3) is 0.417. The van der Waals surface area contributed by atoms with E-state index in [1.165, 1.54) is 21.9 Å². The summed E-state index contributed by atoms with van der Waals surface area (Å²) in [5.41, 5.74) is -0.226. The van der Waals surface area contributed by atoms with Crippen molar-refractivity contribution in [3.63, 3.8) is 0 Å². The second-order valence-corrected chi connectivity index (χ2v) is 5.47. The van der Waals surface area contributed by atoms with Gasteiger partial charge in [-0.15, -0.1) is 11.3 Å². The van der Waals surface area contributed by atoms with Crippen LogP contribution in [-0.4, -0.2) is 21.3 Å². The number of hydrogen-bond acceptors (Lipinski definition) is 4. The highest BCUT2D eigenvalue weighted by Gasteiger charge is 2.15. The van der Waals surface area contributed by atoms with Gasteiger partial charge >= 0.3 is 0 Å². The summed E-state index contributed by atoms with van der Waals surface area (Å²) in [6.45, 7) is 5.77. The summed E-state index contributed by atoms with van der Waals surface area (Å²) >= 11 is 1.43. The first kappa shape index (κ1) is 12.8. The Morgan fingerprint density at radius 1 is 1.61 bits per heavy atom. The molecule has 0 fully saturated rings. The van der Waals surface area contributed by atoms with Crippen LogP contribution in [0.1, 0.15) is 35.5 Å². The fourth-order valence-corrected chi connectivity index (χ4v) is 2.34. The maximum absolute atomic E-state index is 12.1. The third-order valence-electron chi connectivity index (χ3n) is 2.76. The van der Waals surface area contributed by atoms with E-state index < -0.39 is 0 Å². The van der Waals surface area contributed by atoms with Gasteiger partial charge in [-0.1, -0.05) is 6.92 Å². The molecule has 1 amide bonds. The standard InChI is InChI=1S/C12H15N3O2S/c1-4-7(2)14-10(16)9-5-13-12-15(11(9)17)6-8(3)18-12/h5-7H,4H2,1-3H3,(H,14,16). The van der Waals surface area contributed by atoms with E-state index in [0.717, 1.165) is 11.3 Å². The van der Waals surface area contributed by atoms with Gasteiger partial charge in [0.1, 0.15) is 5.56 Å². The minimum atomic E-state index is -0.361. The van der Waals surface area contributed by atoms with E-state index in [1.807, 2.05) is 20.8 Å². The molecule has 0 saturated carbocycles. The highest BCUT2D eigenvalue weighted by atomic mass is 32.1. The highest BCUT2D eigenvalue weighted by molar-refractivity contribution is 7.16. The fourth-order valence-electron chi connectivity index (χ4n) is 1.55.